The third-order valence-corrected chi connectivity index (χ3v) is 3.55. The molecule has 0 radical (unpaired) electrons. The Kier molecular flexibility index (Phi) is 5.83. The molecule has 0 fully saturated rings. The van der Waals surface area contributed by atoms with Crippen LogP contribution in [0.4, 0.5) is 0 Å². The molecule has 4 nitrogen and oxygen atoms in total. The van der Waals surface area contributed by atoms with Gasteiger partial charge in [-0.05, 0) is 44.5 Å². The molecular formula is C15H23NO3. The normalized spacial score (nSPS) is 14.2. The van der Waals surface area contributed by atoms with E-state index in [1.54, 1.807) is 7.11 Å². The summed E-state index contributed by atoms with van der Waals surface area (Å²) in [5.41, 5.74) is 1.18. The molecule has 0 bridgehead atoms. The van der Waals surface area contributed by atoms with Crippen LogP contribution in [0.25, 0.3) is 0 Å². The number of hydrogen-bond donors (Lipinski definition) is 1. The van der Waals surface area contributed by atoms with Crippen molar-refractivity contribution in [3.63, 3.8) is 0 Å². The zero-order chi connectivity index (χ0) is 14.4. The van der Waals surface area contributed by atoms with Crippen LogP contribution in [0.1, 0.15) is 25.8 Å². The summed E-state index contributed by atoms with van der Waals surface area (Å²) in [6.45, 7) is 3.95. The second-order valence-electron chi connectivity index (χ2n) is 4.83. The number of carboxylic acids is 1. The summed E-state index contributed by atoms with van der Waals surface area (Å²) in [6, 6.07) is 7.64. The van der Waals surface area contributed by atoms with E-state index in [-0.39, 0.29) is 6.04 Å². The summed E-state index contributed by atoms with van der Waals surface area (Å²) in [4.78, 5) is 13.1. The van der Waals surface area contributed by atoms with Crippen LogP contribution in [0.2, 0.25) is 0 Å². The van der Waals surface area contributed by atoms with Gasteiger partial charge in [0.15, 0.2) is 0 Å². The van der Waals surface area contributed by atoms with Crippen molar-refractivity contribution in [2.75, 3.05) is 14.2 Å². The lowest BCUT2D eigenvalue weighted by Gasteiger charge is -2.30. The van der Waals surface area contributed by atoms with Gasteiger partial charge in [-0.15, -0.1) is 0 Å². The van der Waals surface area contributed by atoms with Gasteiger partial charge in [-0.3, -0.25) is 9.69 Å². The van der Waals surface area contributed by atoms with Crippen molar-refractivity contribution >= 4 is 5.97 Å². The maximum atomic E-state index is 11.2. The van der Waals surface area contributed by atoms with Crippen molar-refractivity contribution in [2.45, 2.75) is 38.8 Å². The van der Waals surface area contributed by atoms with Gasteiger partial charge in [-0.1, -0.05) is 19.1 Å². The summed E-state index contributed by atoms with van der Waals surface area (Å²) < 4.78 is 5.12. The van der Waals surface area contributed by atoms with Crippen molar-refractivity contribution in [2.24, 2.45) is 0 Å². The molecule has 0 heterocycles. The highest BCUT2D eigenvalue weighted by Crippen LogP contribution is 2.16. The smallest absolute Gasteiger partial charge is 0.320 e. The molecule has 4 heteroatoms. The summed E-state index contributed by atoms with van der Waals surface area (Å²) in [6.07, 6.45) is 1.43. The predicted molar refractivity (Wildman–Crippen MR) is 75.6 cm³/mol. The fourth-order valence-corrected chi connectivity index (χ4v) is 2.19. The number of likely N-dealkylation sites (N-methyl/N-ethyl adjacent to an activating group) is 1. The number of nitrogens with zero attached hydrogens (tertiary/aromatic N) is 1. The van der Waals surface area contributed by atoms with Gasteiger partial charge in [0.1, 0.15) is 11.8 Å². The zero-order valence-electron chi connectivity index (χ0n) is 12.1. The number of rotatable bonds is 7. The number of hydrogen-bond acceptors (Lipinski definition) is 3. The third-order valence-electron chi connectivity index (χ3n) is 3.55. The molecule has 0 aliphatic heterocycles. The van der Waals surface area contributed by atoms with Crippen molar-refractivity contribution in [1.82, 2.24) is 4.90 Å². The maximum Gasteiger partial charge on any atom is 0.320 e. The standard InChI is InChI=1S/C15H23NO3/c1-5-14(15(17)18)16(3)11(2)10-12-6-8-13(19-4)9-7-12/h6-9,11,14H,5,10H2,1-4H3,(H,17,18). The molecule has 0 aliphatic carbocycles. The number of methoxy groups -OCH3 is 1. The highest BCUT2D eigenvalue weighted by Gasteiger charge is 2.24. The Bertz CT molecular complexity index is 402. The highest BCUT2D eigenvalue weighted by molar-refractivity contribution is 5.73. The Labute approximate surface area is 115 Å². The first-order chi connectivity index (χ1) is 8.99. The minimum atomic E-state index is -0.758. The Hall–Kier alpha value is -1.55. The van der Waals surface area contributed by atoms with E-state index < -0.39 is 12.0 Å². The van der Waals surface area contributed by atoms with E-state index in [4.69, 9.17) is 9.84 Å². The third kappa shape index (κ3) is 4.24. The zero-order valence-corrected chi connectivity index (χ0v) is 12.1. The van der Waals surface area contributed by atoms with Gasteiger partial charge >= 0.3 is 5.97 Å². The second-order valence-corrected chi connectivity index (χ2v) is 4.83. The predicted octanol–water partition coefficient (Wildman–Crippen LogP) is 2.42. The van der Waals surface area contributed by atoms with E-state index in [1.165, 1.54) is 5.56 Å². The number of benzene rings is 1. The quantitative estimate of drug-likeness (QED) is 0.822. The van der Waals surface area contributed by atoms with Crippen LogP contribution < -0.4 is 4.74 Å². The number of aliphatic carboxylic acids is 1. The molecule has 1 N–H and O–H groups in total. The molecule has 0 aliphatic rings. The summed E-state index contributed by atoms with van der Waals surface area (Å²) in [5.74, 6) is 0.0771. The summed E-state index contributed by atoms with van der Waals surface area (Å²) >= 11 is 0. The molecule has 106 valence electrons. The molecule has 0 saturated carbocycles. The highest BCUT2D eigenvalue weighted by atomic mass is 16.5. The van der Waals surface area contributed by atoms with E-state index >= 15 is 0 Å². The Morgan fingerprint density at radius 2 is 1.95 bits per heavy atom. The molecule has 19 heavy (non-hydrogen) atoms. The molecule has 2 unspecified atom stereocenters. The number of carbonyl (C=O) groups is 1. The van der Waals surface area contributed by atoms with Gasteiger partial charge in [0.25, 0.3) is 0 Å². The minimum absolute atomic E-state index is 0.175. The van der Waals surface area contributed by atoms with Crippen LogP contribution in [0.5, 0.6) is 5.75 Å². The maximum absolute atomic E-state index is 11.2. The second kappa shape index (κ2) is 7.14. The van der Waals surface area contributed by atoms with Gasteiger partial charge in [0.2, 0.25) is 0 Å². The first-order valence-corrected chi connectivity index (χ1v) is 6.57. The summed E-state index contributed by atoms with van der Waals surface area (Å²) in [5, 5.41) is 9.17. The average Bonchev–Trinajstić information content (AvgIpc) is 2.39. The molecule has 0 saturated heterocycles. The lowest BCUT2D eigenvalue weighted by molar-refractivity contribution is -0.143. The Morgan fingerprint density at radius 1 is 1.37 bits per heavy atom. The SMILES string of the molecule is CCC(C(=O)O)N(C)C(C)Cc1ccc(OC)cc1. The van der Waals surface area contributed by atoms with E-state index in [1.807, 2.05) is 43.1 Å². The van der Waals surface area contributed by atoms with Crippen molar-refractivity contribution in [3.05, 3.63) is 29.8 Å². The molecule has 0 spiro atoms. The largest absolute Gasteiger partial charge is 0.497 e. The van der Waals surface area contributed by atoms with Crippen LogP contribution in [0.15, 0.2) is 24.3 Å². The van der Waals surface area contributed by atoms with Gasteiger partial charge in [0, 0.05) is 6.04 Å². The summed E-state index contributed by atoms with van der Waals surface area (Å²) in [7, 11) is 3.51. The first-order valence-electron chi connectivity index (χ1n) is 6.57. The minimum Gasteiger partial charge on any atom is -0.497 e. The Morgan fingerprint density at radius 3 is 2.37 bits per heavy atom. The number of ether oxygens (including phenoxy) is 1. The molecule has 0 amide bonds. The molecule has 2 atom stereocenters. The van der Waals surface area contributed by atoms with Crippen molar-refractivity contribution in [1.29, 1.82) is 0 Å². The van der Waals surface area contributed by atoms with Crippen molar-refractivity contribution < 1.29 is 14.6 Å². The fraction of sp³-hybridized carbons (Fsp3) is 0.533. The molecule has 1 aromatic carbocycles. The van der Waals surface area contributed by atoms with Crippen LogP contribution in [-0.4, -0.2) is 42.2 Å². The van der Waals surface area contributed by atoms with E-state index in [9.17, 15) is 4.79 Å². The van der Waals surface area contributed by atoms with Crippen LogP contribution in [0.3, 0.4) is 0 Å². The monoisotopic (exact) mass is 265 g/mol. The van der Waals surface area contributed by atoms with Crippen molar-refractivity contribution in [3.8, 4) is 5.75 Å². The van der Waals surface area contributed by atoms with Crippen LogP contribution in [-0.2, 0) is 11.2 Å². The van der Waals surface area contributed by atoms with Crippen LogP contribution in [0, 0.1) is 0 Å². The topological polar surface area (TPSA) is 49.8 Å². The van der Waals surface area contributed by atoms with Gasteiger partial charge in [-0.25, -0.2) is 0 Å². The Balaban J connectivity index is 2.66. The lowest BCUT2D eigenvalue weighted by atomic mass is 10.0. The molecule has 1 rings (SSSR count). The van der Waals surface area contributed by atoms with E-state index in [0.717, 1.165) is 12.2 Å². The molecule has 0 aromatic heterocycles. The van der Waals surface area contributed by atoms with Crippen LogP contribution >= 0.6 is 0 Å². The van der Waals surface area contributed by atoms with Gasteiger partial charge < -0.3 is 9.84 Å². The van der Waals surface area contributed by atoms with E-state index in [2.05, 4.69) is 6.92 Å². The molecule has 1 aromatic rings. The van der Waals surface area contributed by atoms with E-state index in [0.29, 0.717) is 6.42 Å². The number of carboxylic acid groups (broad SMARTS) is 1. The average molecular weight is 265 g/mol. The van der Waals surface area contributed by atoms with Gasteiger partial charge in [-0.2, -0.15) is 0 Å². The first kappa shape index (κ1) is 15.5. The van der Waals surface area contributed by atoms with Gasteiger partial charge in [0.05, 0.1) is 7.11 Å². The lowest BCUT2D eigenvalue weighted by Crippen LogP contribution is -2.44. The fourth-order valence-electron chi connectivity index (χ4n) is 2.19. The molecular weight excluding hydrogens is 242 g/mol.